The van der Waals surface area contributed by atoms with E-state index in [2.05, 4.69) is 26.1 Å². The number of carbonyl (C=O) groups excluding carboxylic acids is 3. The van der Waals surface area contributed by atoms with E-state index in [1.165, 1.54) is 11.8 Å². The van der Waals surface area contributed by atoms with Gasteiger partial charge in [-0.25, -0.2) is 0 Å². The first-order chi connectivity index (χ1) is 16.2. The van der Waals surface area contributed by atoms with Crippen LogP contribution in [0.15, 0.2) is 88.7 Å². The second-order valence-electron chi connectivity index (χ2n) is 8.87. The van der Waals surface area contributed by atoms with Crippen LogP contribution in [0.3, 0.4) is 0 Å². The highest BCUT2D eigenvalue weighted by Crippen LogP contribution is 2.33. The predicted octanol–water partition coefficient (Wildman–Crippen LogP) is 6.28. The molecule has 0 saturated carbocycles. The Labute approximate surface area is 204 Å². The van der Waals surface area contributed by atoms with Gasteiger partial charge in [0.1, 0.15) is 0 Å². The van der Waals surface area contributed by atoms with Crippen LogP contribution in [0.1, 0.15) is 49.5 Å². The zero-order valence-electron chi connectivity index (χ0n) is 19.7. The largest absolute Gasteiger partial charge is 0.456 e. The van der Waals surface area contributed by atoms with Gasteiger partial charge in [-0.15, -0.1) is 0 Å². The minimum atomic E-state index is -0.582. The summed E-state index contributed by atoms with van der Waals surface area (Å²) >= 11 is 1.53. The number of Topliss-reactive ketones (excluding diaryl/α,β-unsaturated/α-hetero) is 1. The third-order valence-electron chi connectivity index (χ3n) is 5.13. The number of rotatable bonds is 9. The van der Waals surface area contributed by atoms with Crippen molar-refractivity contribution in [3.63, 3.8) is 0 Å². The molecule has 6 heteroatoms. The lowest BCUT2D eigenvalue weighted by atomic mass is 9.86. The topological polar surface area (TPSA) is 72.5 Å². The minimum absolute atomic E-state index is 0.00665. The second-order valence-corrected chi connectivity index (χ2v) is 9.99. The fourth-order valence-corrected chi connectivity index (χ4v) is 4.12. The normalized spacial score (nSPS) is 11.0. The number of amides is 1. The van der Waals surface area contributed by atoms with Crippen molar-refractivity contribution in [1.82, 2.24) is 0 Å². The second kappa shape index (κ2) is 11.7. The molecule has 0 spiro atoms. The van der Waals surface area contributed by atoms with Gasteiger partial charge in [0.25, 0.3) is 5.91 Å². The van der Waals surface area contributed by atoms with E-state index in [4.69, 9.17) is 4.74 Å². The lowest BCUT2D eigenvalue weighted by Crippen LogP contribution is -2.21. The van der Waals surface area contributed by atoms with E-state index in [0.29, 0.717) is 11.3 Å². The Balaban J connectivity index is 1.46. The number of para-hydroxylation sites is 1. The van der Waals surface area contributed by atoms with Gasteiger partial charge in [-0.3, -0.25) is 14.4 Å². The van der Waals surface area contributed by atoms with Gasteiger partial charge in [0.15, 0.2) is 12.4 Å². The maximum absolute atomic E-state index is 12.4. The summed E-state index contributed by atoms with van der Waals surface area (Å²) in [6, 6.07) is 24.7. The average molecular weight is 476 g/mol. The number of esters is 1. The van der Waals surface area contributed by atoms with Gasteiger partial charge >= 0.3 is 5.97 Å². The van der Waals surface area contributed by atoms with Crippen molar-refractivity contribution in [2.24, 2.45) is 0 Å². The first kappa shape index (κ1) is 25.2. The lowest BCUT2D eigenvalue weighted by molar-refractivity contribution is -0.147. The molecule has 0 unspecified atom stereocenters. The van der Waals surface area contributed by atoms with Crippen molar-refractivity contribution in [1.29, 1.82) is 0 Å². The van der Waals surface area contributed by atoms with Crippen LogP contribution >= 0.6 is 11.8 Å². The molecule has 0 aliphatic carbocycles. The van der Waals surface area contributed by atoms with E-state index in [1.54, 1.807) is 18.2 Å². The van der Waals surface area contributed by atoms with Gasteiger partial charge in [0.05, 0.1) is 12.1 Å². The molecule has 3 aromatic carbocycles. The van der Waals surface area contributed by atoms with Crippen molar-refractivity contribution >= 4 is 35.1 Å². The predicted molar refractivity (Wildman–Crippen MR) is 135 cm³/mol. The summed E-state index contributed by atoms with van der Waals surface area (Å²) in [7, 11) is 0. The molecule has 0 radical (unpaired) electrons. The lowest BCUT2D eigenvalue weighted by Gasteiger charge is -2.18. The number of ether oxygens (including phenoxy) is 1. The minimum Gasteiger partial charge on any atom is -0.456 e. The van der Waals surface area contributed by atoms with E-state index in [0.717, 1.165) is 15.4 Å². The number of hydrogen-bond donors (Lipinski definition) is 1. The molecule has 5 nitrogen and oxygen atoms in total. The molecule has 0 saturated heterocycles. The Morgan fingerprint density at radius 2 is 1.47 bits per heavy atom. The summed E-state index contributed by atoms with van der Waals surface area (Å²) in [6.45, 7) is 5.92. The highest BCUT2D eigenvalue weighted by molar-refractivity contribution is 7.99. The average Bonchev–Trinajstić information content (AvgIpc) is 2.82. The molecular weight excluding hydrogens is 446 g/mol. The monoisotopic (exact) mass is 475 g/mol. The van der Waals surface area contributed by atoms with E-state index < -0.39 is 18.5 Å². The van der Waals surface area contributed by atoms with Gasteiger partial charge in [-0.05, 0) is 35.2 Å². The number of benzene rings is 3. The molecule has 0 aromatic heterocycles. The Morgan fingerprint density at radius 1 is 0.824 bits per heavy atom. The molecule has 0 bridgehead atoms. The standard InChI is InChI=1S/C28H29NO4S/c1-28(2,3)21-15-13-20(14-16-21)24(30)17-18-27(32)33-19-26(31)29-23-11-7-8-12-25(23)34-22-9-5-4-6-10-22/h4-16H,17-19H2,1-3H3,(H,29,31). The van der Waals surface area contributed by atoms with Gasteiger partial charge in [0.2, 0.25) is 0 Å². The Bertz CT molecular complexity index is 1140. The van der Waals surface area contributed by atoms with Gasteiger partial charge < -0.3 is 10.1 Å². The fraction of sp³-hybridized carbons (Fsp3) is 0.250. The first-order valence-corrected chi connectivity index (χ1v) is 11.9. The summed E-state index contributed by atoms with van der Waals surface area (Å²) in [5, 5.41) is 2.79. The van der Waals surface area contributed by atoms with Gasteiger partial charge in [-0.2, -0.15) is 0 Å². The highest BCUT2D eigenvalue weighted by Gasteiger charge is 2.16. The van der Waals surface area contributed by atoms with Crippen molar-refractivity contribution in [3.05, 3.63) is 90.0 Å². The summed E-state index contributed by atoms with van der Waals surface area (Å²) < 4.78 is 5.07. The van der Waals surface area contributed by atoms with E-state index in [-0.39, 0.29) is 24.0 Å². The fourth-order valence-electron chi connectivity index (χ4n) is 3.19. The van der Waals surface area contributed by atoms with Crippen molar-refractivity contribution < 1.29 is 19.1 Å². The van der Waals surface area contributed by atoms with Crippen LogP contribution in [0.4, 0.5) is 5.69 Å². The van der Waals surface area contributed by atoms with E-state index >= 15 is 0 Å². The van der Waals surface area contributed by atoms with Crippen molar-refractivity contribution in [2.75, 3.05) is 11.9 Å². The third-order valence-corrected chi connectivity index (χ3v) is 6.21. The Hall–Kier alpha value is -3.38. The molecule has 1 amide bonds. The molecular formula is C28H29NO4S. The smallest absolute Gasteiger partial charge is 0.306 e. The molecule has 34 heavy (non-hydrogen) atoms. The molecule has 0 atom stereocenters. The van der Waals surface area contributed by atoms with Crippen LogP contribution in [0.5, 0.6) is 0 Å². The van der Waals surface area contributed by atoms with Crippen molar-refractivity contribution in [3.8, 4) is 0 Å². The van der Waals surface area contributed by atoms with Gasteiger partial charge in [-0.1, -0.05) is 87.1 Å². The zero-order valence-corrected chi connectivity index (χ0v) is 20.5. The Morgan fingerprint density at radius 3 is 2.15 bits per heavy atom. The molecule has 176 valence electrons. The maximum Gasteiger partial charge on any atom is 0.306 e. The van der Waals surface area contributed by atoms with Crippen LogP contribution in [-0.2, 0) is 19.7 Å². The molecule has 1 N–H and O–H groups in total. The molecule has 3 rings (SSSR count). The third kappa shape index (κ3) is 7.59. The van der Waals surface area contributed by atoms with Gasteiger partial charge in [0, 0.05) is 21.8 Å². The summed E-state index contributed by atoms with van der Waals surface area (Å²) in [4.78, 5) is 38.7. The maximum atomic E-state index is 12.4. The van der Waals surface area contributed by atoms with E-state index in [1.807, 2.05) is 60.7 Å². The molecule has 0 aliphatic heterocycles. The first-order valence-electron chi connectivity index (χ1n) is 11.1. The quantitative estimate of drug-likeness (QED) is 0.291. The number of ketones is 1. The molecule has 0 fully saturated rings. The molecule has 0 aliphatic rings. The SMILES string of the molecule is CC(C)(C)c1ccc(C(=O)CCC(=O)OCC(=O)Nc2ccccc2Sc2ccccc2)cc1. The number of carbonyl (C=O) groups is 3. The highest BCUT2D eigenvalue weighted by atomic mass is 32.2. The van der Waals surface area contributed by atoms with Crippen LogP contribution in [-0.4, -0.2) is 24.3 Å². The summed E-state index contributed by atoms with van der Waals surface area (Å²) in [5.41, 5.74) is 2.35. The summed E-state index contributed by atoms with van der Waals surface area (Å²) in [6.07, 6.45) is -0.0422. The van der Waals surface area contributed by atoms with Crippen molar-refractivity contribution in [2.45, 2.75) is 48.8 Å². The number of nitrogens with one attached hydrogen (secondary N) is 1. The van der Waals surface area contributed by atoms with Crippen LogP contribution in [0.25, 0.3) is 0 Å². The van der Waals surface area contributed by atoms with Crippen LogP contribution < -0.4 is 5.32 Å². The van der Waals surface area contributed by atoms with Crippen LogP contribution in [0.2, 0.25) is 0 Å². The molecule has 0 heterocycles. The van der Waals surface area contributed by atoms with E-state index in [9.17, 15) is 14.4 Å². The summed E-state index contributed by atoms with van der Waals surface area (Å²) in [5.74, 6) is -1.14. The molecule has 3 aromatic rings. The number of anilines is 1. The zero-order chi connectivity index (χ0) is 24.6. The Kier molecular flexibility index (Phi) is 8.66. The van der Waals surface area contributed by atoms with Crippen LogP contribution in [0, 0.1) is 0 Å². The number of hydrogen-bond acceptors (Lipinski definition) is 5.